The molecule has 0 unspecified atom stereocenters. The van der Waals surface area contributed by atoms with Gasteiger partial charge in [-0.2, -0.15) is 4.31 Å². The third-order valence-electron chi connectivity index (χ3n) is 6.78. The molecule has 1 atom stereocenters. The molecule has 0 saturated carbocycles. The van der Waals surface area contributed by atoms with Gasteiger partial charge < -0.3 is 18.9 Å². The molecule has 5 rings (SSSR count). The fourth-order valence-corrected chi connectivity index (χ4v) is 6.77. The first-order chi connectivity index (χ1) is 16.3. The van der Waals surface area contributed by atoms with Crippen molar-refractivity contribution in [3.8, 4) is 11.5 Å². The Balaban J connectivity index is 1.21. The molecule has 3 aliphatic heterocycles. The molecule has 0 aliphatic carbocycles. The van der Waals surface area contributed by atoms with Gasteiger partial charge in [0.1, 0.15) is 23.8 Å². The predicted molar refractivity (Wildman–Crippen MR) is 122 cm³/mol. The lowest BCUT2D eigenvalue weighted by atomic mass is 10.0. The van der Waals surface area contributed by atoms with Crippen molar-refractivity contribution >= 4 is 15.9 Å². The number of ether oxygens (including phenoxy) is 2. The maximum atomic E-state index is 13.2. The minimum atomic E-state index is -3.67. The van der Waals surface area contributed by atoms with Gasteiger partial charge >= 0.3 is 0 Å². The average Bonchev–Trinajstić information content (AvgIpc) is 3.46. The number of hydrogen-bond acceptors (Lipinski definition) is 8. The van der Waals surface area contributed by atoms with E-state index in [0.717, 1.165) is 36.4 Å². The van der Waals surface area contributed by atoms with Crippen LogP contribution in [0, 0.1) is 13.8 Å². The van der Waals surface area contributed by atoms with E-state index in [4.69, 9.17) is 14.0 Å². The number of hydrogen-bond donors (Lipinski definition) is 0. The summed E-state index contributed by atoms with van der Waals surface area (Å²) in [5.74, 6) is 1.85. The Bertz CT molecular complexity index is 1150. The minimum Gasteiger partial charge on any atom is -0.486 e. The number of piperazine rings is 1. The summed E-state index contributed by atoms with van der Waals surface area (Å²) in [5, 5.41) is 3.78. The molecule has 1 aromatic heterocycles. The van der Waals surface area contributed by atoms with E-state index in [0.29, 0.717) is 50.8 Å². The molecule has 2 aromatic rings. The number of aromatic nitrogens is 1. The van der Waals surface area contributed by atoms with Crippen molar-refractivity contribution in [3.63, 3.8) is 0 Å². The van der Waals surface area contributed by atoms with Gasteiger partial charge in [0.25, 0.3) is 0 Å². The van der Waals surface area contributed by atoms with Crippen LogP contribution in [0.2, 0.25) is 0 Å². The van der Waals surface area contributed by atoms with Crippen molar-refractivity contribution in [2.24, 2.45) is 0 Å². The monoisotopic (exact) mass is 490 g/mol. The fourth-order valence-electron chi connectivity index (χ4n) is 5.06. The lowest BCUT2D eigenvalue weighted by Gasteiger charge is -2.35. The van der Waals surface area contributed by atoms with Gasteiger partial charge in [0.15, 0.2) is 17.3 Å². The molecule has 4 heterocycles. The molecule has 184 valence electrons. The van der Waals surface area contributed by atoms with Gasteiger partial charge in [0.2, 0.25) is 15.9 Å². The van der Waals surface area contributed by atoms with Crippen LogP contribution in [0.25, 0.3) is 0 Å². The Morgan fingerprint density at radius 2 is 1.79 bits per heavy atom. The zero-order valence-electron chi connectivity index (χ0n) is 19.5. The average molecular weight is 491 g/mol. The standard InChI is InChI=1S/C23H30N4O6S/c1-16-23(17(2)33-24-16)34(29,30)26-10-8-25(9-11-26)15-22(28)27-7-3-4-19(27)18-5-6-20-21(14-18)32-13-12-31-20/h5-6,14,19H,3-4,7-13,15H2,1-2H3/t19-/m0/s1. The number of fused-ring (bicyclic) bond motifs is 1. The van der Waals surface area contributed by atoms with Crippen LogP contribution >= 0.6 is 0 Å². The summed E-state index contributed by atoms with van der Waals surface area (Å²) in [7, 11) is -3.67. The molecule has 0 spiro atoms. The van der Waals surface area contributed by atoms with Gasteiger partial charge in [0, 0.05) is 32.7 Å². The quantitative estimate of drug-likeness (QED) is 0.624. The first kappa shape index (κ1) is 23.1. The third-order valence-corrected chi connectivity index (χ3v) is 8.92. The summed E-state index contributed by atoms with van der Waals surface area (Å²) in [5.41, 5.74) is 1.43. The molecule has 0 radical (unpaired) electrons. The van der Waals surface area contributed by atoms with Gasteiger partial charge in [-0.25, -0.2) is 8.42 Å². The molecule has 1 aromatic carbocycles. The van der Waals surface area contributed by atoms with Gasteiger partial charge in [-0.05, 0) is 44.4 Å². The molecule has 0 bridgehead atoms. The number of sulfonamides is 1. The van der Waals surface area contributed by atoms with Crippen molar-refractivity contribution in [2.45, 2.75) is 37.6 Å². The summed E-state index contributed by atoms with van der Waals surface area (Å²) in [6.45, 7) is 6.96. The number of benzene rings is 1. The summed E-state index contributed by atoms with van der Waals surface area (Å²) < 4.78 is 43.9. The lowest BCUT2D eigenvalue weighted by Crippen LogP contribution is -2.51. The second kappa shape index (κ2) is 9.20. The van der Waals surface area contributed by atoms with Crippen molar-refractivity contribution in [3.05, 3.63) is 35.2 Å². The first-order valence-corrected chi connectivity index (χ1v) is 13.1. The second-order valence-electron chi connectivity index (χ2n) is 8.98. The molecular formula is C23H30N4O6S. The van der Waals surface area contributed by atoms with E-state index in [9.17, 15) is 13.2 Å². The zero-order valence-corrected chi connectivity index (χ0v) is 20.3. The maximum absolute atomic E-state index is 13.2. The predicted octanol–water partition coefficient (Wildman–Crippen LogP) is 1.73. The third kappa shape index (κ3) is 4.27. The largest absolute Gasteiger partial charge is 0.486 e. The van der Waals surface area contributed by atoms with Crippen LogP contribution < -0.4 is 9.47 Å². The van der Waals surface area contributed by atoms with E-state index in [2.05, 4.69) is 5.16 Å². The second-order valence-corrected chi connectivity index (χ2v) is 10.9. The van der Waals surface area contributed by atoms with Crippen LogP contribution in [-0.2, 0) is 14.8 Å². The summed E-state index contributed by atoms with van der Waals surface area (Å²) in [4.78, 5) is 17.3. The van der Waals surface area contributed by atoms with E-state index in [-0.39, 0.29) is 23.4 Å². The molecule has 10 nitrogen and oxygen atoms in total. The molecular weight excluding hydrogens is 460 g/mol. The zero-order chi connectivity index (χ0) is 23.9. The Morgan fingerprint density at radius 1 is 1.06 bits per heavy atom. The van der Waals surface area contributed by atoms with Crippen molar-refractivity contribution in [1.29, 1.82) is 0 Å². The van der Waals surface area contributed by atoms with Crippen molar-refractivity contribution < 1.29 is 27.2 Å². The number of likely N-dealkylation sites (tertiary alicyclic amines) is 1. The normalized spacial score (nSPS) is 21.7. The minimum absolute atomic E-state index is 0.0181. The van der Waals surface area contributed by atoms with E-state index in [1.54, 1.807) is 13.8 Å². The highest BCUT2D eigenvalue weighted by Gasteiger charge is 2.35. The van der Waals surface area contributed by atoms with Crippen molar-refractivity contribution in [1.82, 2.24) is 19.3 Å². The molecule has 3 aliphatic rings. The SMILES string of the molecule is Cc1noc(C)c1S(=O)(=O)N1CCN(CC(=O)N2CCC[C@H]2c2ccc3c(c2)OCCO3)CC1. The number of rotatable bonds is 5. The van der Waals surface area contributed by atoms with Crippen LogP contribution in [0.5, 0.6) is 11.5 Å². The lowest BCUT2D eigenvalue weighted by molar-refractivity contribution is -0.133. The topological polar surface area (TPSA) is 105 Å². The van der Waals surface area contributed by atoms with E-state index in [1.807, 2.05) is 28.0 Å². The molecule has 2 saturated heterocycles. The van der Waals surface area contributed by atoms with Gasteiger partial charge in [0.05, 0.1) is 12.6 Å². The first-order valence-electron chi connectivity index (χ1n) is 11.7. The highest BCUT2D eigenvalue weighted by atomic mass is 32.2. The molecule has 1 amide bonds. The Morgan fingerprint density at radius 3 is 2.50 bits per heavy atom. The number of amides is 1. The van der Waals surface area contributed by atoms with Crippen LogP contribution in [0.15, 0.2) is 27.6 Å². The molecule has 11 heteroatoms. The Hall–Kier alpha value is -2.63. The number of carbonyl (C=O) groups excluding carboxylic acids is 1. The molecule has 2 fully saturated rings. The van der Waals surface area contributed by atoms with Gasteiger partial charge in [-0.3, -0.25) is 9.69 Å². The van der Waals surface area contributed by atoms with E-state index >= 15 is 0 Å². The molecule has 34 heavy (non-hydrogen) atoms. The van der Waals surface area contributed by atoms with Crippen LogP contribution in [0.3, 0.4) is 0 Å². The van der Waals surface area contributed by atoms with Crippen LogP contribution in [-0.4, -0.2) is 86.1 Å². The van der Waals surface area contributed by atoms with Crippen LogP contribution in [0.4, 0.5) is 0 Å². The van der Waals surface area contributed by atoms with Gasteiger partial charge in [-0.15, -0.1) is 0 Å². The summed E-state index contributed by atoms with van der Waals surface area (Å²) >= 11 is 0. The van der Waals surface area contributed by atoms with Crippen LogP contribution in [0.1, 0.15) is 35.9 Å². The van der Waals surface area contributed by atoms with E-state index < -0.39 is 10.0 Å². The fraction of sp³-hybridized carbons (Fsp3) is 0.565. The smallest absolute Gasteiger partial charge is 0.248 e. The number of aryl methyl sites for hydroxylation is 2. The highest BCUT2D eigenvalue weighted by molar-refractivity contribution is 7.89. The summed E-state index contributed by atoms with van der Waals surface area (Å²) in [6.07, 6.45) is 1.86. The highest BCUT2D eigenvalue weighted by Crippen LogP contribution is 2.38. The van der Waals surface area contributed by atoms with E-state index in [1.165, 1.54) is 4.31 Å². The number of carbonyl (C=O) groups is 1. The van der Waals surface area contributed by atoms with Gasteiger partial charge in [-0.1, -0.05) is 11.2 Å². The maximum Gasteiger partial charge on any atom is 0.248 e. The Kier molecular flexibility index (Phi) is 6.26. The Labute approximate surface area is 199 Å². The number of nitrogens with zero attached hydrogens (tertiary/aromatic N) is 4. The van der Waals surface area contributed by atoms with Crippen molar-refractivity contribution in [2.75, 3.05) is 52.5 Å². The summed E-state index contributed by atoms with van der Waals surface area (Å²) in [6, 6.07) is 5.94. The molecule has 0 N–H and O–H groups in total.